The first-order chi connectivity index (χ1) is 15.5. The molecule has 0 aromatic heterocycles. The van der Waals surface area contributed by atoms with E-state index in [9.17, 15) is 26.4 Å². The van der Waals surface area contributed by atoms with Gasteiger partial charge in [-0.2, -0.15) is 17.5 Å². The fourth-order valence-corrected chi connectivity index (χ4v) is 5.66. The van der Waals surface area contributed by atoms with Crippen molar-refractivity contribution in [2.75, 3.05) is 27.2 Å². The monoisotopic (exact) mass is 483 g/mol. The topological polar surface area (TPSA) is 69.7 Å². The number of hydrogen-bond acceptors (Lipinski definition) is 4. The van der Waals surface area contributed by atoms with E-state index in [1.165, 1.54) is 6.07 Å². The second-order valence-corrected chi connectivity index (χ2v) is 10.3. The Morgan fingerprint density at radius 1 is 1.03 bits per heavy atom. The Morgan fingerprint density at radius 3 is 2.21 bits per heavy atom. The maximum Gasteiger partial charge on any atom is 0.417 e. The Balaban J connectivity index is 1.62. The molecule has 2 aromatic carbocycles. The fourth-order valence-electron chi connectivity index (χ4n) is 3.97. The molecule has 0 unspecified atom stereocenters. The minimum absolute atomic E-state index is 0.0101. The summed E-state index contributed by atoms with van der Waals surface area (Å²) in [6.45, 7) is 1.08. The summed E-state index contributed by atoms with van der Waals surface area (Å²) in [5.74, 6) is -0.572. The Morgan fingerprint density at radius 2 is 1.61 bits per heavy atom. The van der Waals surface area contributed by atoms with Crippen molar-refractivity contribution >= 4 is 15.9 Å². The molecule has 0 spiro atoms. The standard InChI is InChI=1S/C23H28F3N3O3S/c1-28(2)16-19-8-4-3-7-18(19)15-27-22(30)17-11-13-29(14-12-17)33(31,32)21-10-6-5-9-20(21)23(24,25)26/h3-10,17H,11-16H2,1-2H3,(H,27,30). The zero-order chi connectivity index (χ0) is 24.2. The molecule has 1 N–H and O–H groups in total. The van der Waals surface area contributed by atoms with Gasteiger partial charge in [-0.1, -0.05) is 36.4 Å². The van der Waals surface area contributed by atoms with Crippen LogP contribution in [-0.2, 0) is 34.1 Å². The number of sulfonamides is 1. The van der Waals surface area contributed by atoms with E-state index >= 15 is 0 Å². The lowest BCUT2D eigenvalue weighted by Crippen LogP contribution is -2.43. The van der Waals surface area contributed by atoms with Gasteiger partial charge in [-0.3, -0.25) is 4.79 Å². The quantitative estimate of drug-likeness (QED) is 0.655. The first kappa shape index (κ1) is 25.2. The SMILES string of the molecule is CN(C)Cc1ccccc1CNC(=O)C1CCN(S(=O)(=O)c2ccccc2C(F)(F)F)CC1. The van der Waals surface area contributed by atoms with E-state index in [-0.39, 0.29) is 31.8 Å². The normalized spacial score (nSPS) is 16.2. The highest BCUT2D eigenvalue weighted by molar-refractivity contribution is 7.89. The van der Waals surface area contributed by atoms with Crippen LogP contribution in [0.25, 0.3) is 0 Å². The molecule has 0 saturated carbocycles. The van der Waals surface area contributed by atoms with E-state index in [2.05, 4.69) is 5.32 Å². The number of benzene rings is 2. The predicted octanol–water partition coefficient (Wildman–Crippen LogP) is 3.48. The molecule has 1 aliphatic rings. The van der Waals surface area contributed by atoms with Gasteiger partial charge in [-0.15, -0.1) is 0 Å². The van der Waals surface area contributed by atoms with Crippen molar-refractivity contribution < 1.29 is 26.4 Å². The van der Waals surface area contributed by atoms with Gasteiger partial charge in [-0.05, 0) is 50.2 Å². The highest BCUT2D eigenvalue weighted by Crippen LogP contribution is 2.36. The summed E-state index contributed by atoms with van der Waals surface area (Å²) >= 11 is 0. The van der Waals surface area contributed by atoms with Crippen LogP contribution in [0, 0.1) is 5.92 Å². The fraction of sp³-hybridized carbons (Fsp3) is 0.435. The number of rotatable bonds is 7. The van der Waals surface area contributed by atoms with Gasteiger partial charge in [0.2, 0.25) is 15.9 Å². The number of carbonyl (C=O) groups excluding carboxylic acids is 1. The molecule has 1 heterocycles. The molecule has 1 saturated heterocycles. The van der Waals surface area contributed by atoms with Gasteiger partial charge in [0.15, 0.2) is 0 Å². The van der Waals surface area contributed by atoms with Gasteiger partial charge >= 0.3 is 6.18 Å². The number of nitrogens with zero attached hydrogens (tertiary/aromatic N) is 2. The second-order valence-electron chi connectivity index (χ2n) is 8.40. The van der Waals surface area contributed by atoms with Gasteiger partial charge in [0.05, 0.1) is 10.5 Å². The molecular formula is C23H28F3N3O3S. The minimum atomic E-state index is -4.77. The van der Waals surface area contributed by atoms with Crippen LogP contribution >= 0.6 is 0 Å². The zero-order valence-corrected chi connectivity index (χ0v) is 19.4. The third kappa shape index (κ3) is 6.13. The lowest BCUT2D eigenvalue weighted by molar-refractivity contribution is -0.139. The van der Waals surface area contributed by atoms with E-state index in [1.54, 1.807) is 0 Å². The molecule has 6 nitrogen and oxygen atoms in total. The van der Waals surface area contributed by atoms with Crippen LogP contribution in [0.2, 0.25) is 0 Å². The summed E-state index contributed by atoms with van der Waals surface area (Å²) in [5, 5.41) is 2.92. The van der Waals surface area contributed by atoms with Crippen molar-refractivity contribution in [2.24, 2.45) is 5.92 Å². The molecule has 3 rings (SSSR count). The summed E-state index contributed by atoms with van der Waals surface area (Å²) in [5.41, 5.74) is 0.927. The first-order valence-electron chi connectivity index (χ1n) is 10.7. The van der Waals surface area contributed by atoms with Crippen molar-refractivity contribution in [3.05, 3.63) is 65.2 Å². The zero-order valence-electron chi connectivity index (χ0n) is 18.6. The molecule has 1 aliphatic heterocycles. The van der Waals surface area contributed by atoms with Crippen LogP contribution in [0.5, 0.6) is 0 Å². The molecule has 33 heavy (non-hydrogen) atoms. The summed E-state index contributed by atoms with van der Waals surface area (Å²) in [7, 11) is -0.395. The number of alkyl halides is 3. The molecule has 0 bridgehead atoms. The summed E-state index contributed by atoms with van der Waals surface area (Å²) < 4.78 is 66.7. The number of piperidine rings is 1. The van der Waals surface area contributed by atoms with Crippen LogP contribution in [0.3, 0.4) is 0 Å². The maximum atomic E-state index is 13.3. The van der Waals surface area contributed by atoms with E-state index in [1.807, 2.05) is 43.3 Å². The van der Waals surface area contributed by atoms with Crippen LogP contribution < -0.4 is 5.32 Å². The average Bonchev–Trinajstić information content (AvgIpc) is 2.77. The van der Waals surface area contributed by atoms with Gasteiger partial charge < -0.3 is 10.2 Å². The van der Waals surface area contributed by atoms with E-state index in [4.69, 9.17) is 0 Å². The molecular weight excluding hydrogens is 455 g/mol. The smallest absolute Gasteiger partial charge is 0.352 e. The van der Waals surface area contributed by atoms with E-state index in [0.717, 1.165) is 40.2 Å². The number of carbonyl (C=O) groups is 1. The molecule has 1 fully saturated rings. The lowest BCUT2D eigenvalue weighted by atomic mass is 9.97. The molecule has 0 radical (unpaired) electrons. The lowest BCUT2D eigenvalue weighted by Gasteiger charge is -2.31. The van der Waals surface area contributed by atoms with Crippen molar-refractivity contribution in [3.63, 3.8) is 0 Å². The number of halogens is 3. The van der Waals surface area contributed by atoms with E-state index < -0.39 is 32.6 Å². The first-order valence-corrected chi connectivity index (χ1v) is 12.1. The van der Waals surface area contributed by atoms with Crippen molar-refractivity contribution in [2.45, 2.75) is 37.0 Å². The van der Waals surface area contributed by atoms with E-state index in [0.29, 0.717) is 6.54 Å². The number of amides is 1. The summed E-state index contributed by atoms with van der Waals surface area (Å²) in [6, 6.07) is 12.0. The highest BCUT2D eigenvalue weighted by atomic mass is 32.2. The van der Waals surface area contributed by atoms with Gasteiger partial charge in [0.25, 0.3) is 0 Å². The molecule has 180 valence electrons. The van der Waals surface area contributed by atoms with Gasteiger partial charge in [0, 0.05) is 32.1 Å². The highest BCUT2D eigenvalue weighted by Gasteiger charge is 2.40. The predicted molar refractivity (Wildman–Crippen MR) is 119 cm³/mol. The minimum Gasteiger partial charge on any atom is -0.352 e. The summed E-state index contributed by atoms with van der Waals surface area (Å²) in [6.07, 6.45) is -4.28. The largest absolute Gasteiger partial charge is 0.417 e. The van der Waals surface area contributed by atoms with Crippen molar-refractivity contribution in [3.8, 4) is 0 Å². The maximum absolute atomic E-state index is 13.3. The van der Waals surface area contributed by atoms with Crippen molar-refractivity contribution in [1.29, 1.82) is 0 Å². The third-order valence-corrected chi connectivity index (χ3v) is 7.65. The third-order valence-electron chi connectivity index (χ3n) is 5.69. The number of nitrogens with one attached hydrogen (secondary N) is 1. The molecule has 0 atom stereocenters. The molecule has 2 aromatic rings. The van der Waals surface area contributed by atoms with Gasteiger partial charge in [-0.25, -0.2) is 8.42 Å². The van der Waals surface area contributed by atoms with Crippen LogP contribution in [0.15, 0.2) is 53.4 Å². The van der Waals surface area contributed by atoms with Crippen LogP contribution in [0.4, 0.5) is 13.2 Å². The second kappa shape index (κ2) is 10.2. The Labute approximate surface area is 192 Å². The Kier molecular flexibility index (Phi) is 7.81. The Hall–Kier alpha value is -2.43. The Bertz CT molecular complexity index is 1080. The summed E-state index contributed by atoms with van der Waals surface area (Å²) in [4.78, 5) is 14.0. The van der Waals surface area contributed by atoms with Crippen LogP contribution in [-0.4, -0.2) is 50.7 Å². The molecule has 10 heteroatoms. The average molecular weight is 484 g/mol. The molecule has 1 amide bonds. The van der Waals surface area contributed by atoms with Gasteiger partial charge in [0.1, 0.15) is 0 Å². The molecule has 0 aliphatic carbocycles. The van der Waals surface area contributed by atoms with Crippen molar-refractivity contribution in [1.82, 2.24) is 14.5 Å². The number of hydrogen-bond donors (Lipinski definition) is 1. The van der Waals surface area contributed by atoms with Crippen LogP contribution in [0.1, 0.15) is 29.5 Å².